The van der Waals surface area contributed by atoms with Gasteiger partial charge in [0.1, 0.15) is 11.6 Å². The molecule has 0 aromatic heterocycles. The minimum Gasteiger partial charge on any atom is -0.507 e. The van der Waals surface area contributed by atoms with Gasteiger partial charge in [-0.3, -0.25) is 4.79 Å². The normalized spacial score (nSPS) is 10.4. The summed E-state index contributed by atoms with van der Waals surface area (Å²) in [7, 11) is 0. The van der Waals surface area contributed by atoms with Crippen LogP contribution in [0.4, 0.5) is 4.39 Å². The third kappa shape index (κ3) is 3.59. The number of phenols is 1. The quantitative estimate of drug-likeness (QED) is 0.674. The number of hydrogen-bond donors (Lipinski definition) is 2. The van der Waals surface area contributed by atoms with Gasteiger partial charge in [-0.1, -0.05) is 11.6 Å². The van der Waals surface area contributed by atoms with E-state index in [0.29, 0.717) is 10.6 Å². The Bertz CT molecular complexity index is 800. The summed E-state index contributed by atoms with van der Waals surface area (Å²) in [6, 6.07) is 9.58. The Morgan fingerprint density at radius 1 is 1.36 bits per heavy atom. The van der Waals surface area contributed by atoms with Gasteiger partial charge < -0.3 is 5.11 Å². The van der Waals surface area contributed by atoms with E-state index in [0.717, 1.165) is 6.07 Å². The lowest BCUT2D eigenvalue weighted by Crippen LogP contribution is -2.19. The standard InChI is InChI=1S/C15H9ClFN3O2/c16-11-2-4-14(21)10(6-11)8-19-20-15(22)12-3-1-9(7-18)5-13(12)17/h1-6,8,21H,(H,20,22). The average molecular weight is 318 g/mol. The van der Waals surface area contributed by atoms with Crippen LogP contribution >= 0.6 is 11.6 Å². The maximum Gasteiger partial charge on any atom is 0.274 e. The SMILES string of the molecule is N#Cc1ccc(C(=O)NN=Cc2cc(Cl)ccc2O)c(F)c1. The lowest BCUT2D eigenvalue weighted by Gasteiger charge is -2.02. The molecule has 0 aliphatic heterocycles. The smallest absolute Gasteiger partial charge is 0.274 e. The summed E-state index contributed by atoms with van der Waals surface area (Å²) in [4.78, 5) is 11.8. The van der Waals surface area contributed by atoms with E-state index in [1.165, 1.54) is 36.5 Å². The number of carbonyl (C=O) groups is 1. The van der Waals surface area contributed by atoms with Gasteiger partial charge in [-0.25, -0.2) is 9.82 Å². The molecule has 2 rings (SSSR count). The number of amides is 1. The number of carbonyl (C=O) groups excluding carboxylic acids is 1. The van der Waals surface area contributed by atoms with E-state index in [-0.39, 0.29) is 16.9 Å². The molecule has 2 aromatic rings. The molecule has 0 fully saturated rings. The Kier molecular flexibility index (Phi) is 4.71. The third-order valence-corrected chi connectivity index (χ3v) is 2.94. The molecule has 0 saturated carbocycles. The molecule has 0 unspecified atom stereocenters. The number of rotatable bonds is 3. The molecule has 0 radical (unpaired) electrons. The summed E-state index contributed by atoms with van der Waals surface area (Å²) in [6.45, 7) is 0. The van der Waals surface area contributed by atoms with Gasteiger partial charge in [-0.2, -0.15) is 10.4 Å². The zero-order valence-corrected chi connectivity index (χ0v) is 11.8. The molecule has 0 heterocycles. The number of nitrogens with one attached hydrogen (secondary N) is 1. The maximum absolute atomic E-state index is 13.6. The van der Waals surface area contributed by atoms with Gasteiger partial charge in [-0.05, 0) is 36.4 Å². The van der Waals surface area contributed by atoms with Crippen LogP contribution in [-0.2, 0) is 0 Å². The Hall–Kier alpha value is -2.91. The number of hydrazone groups is 1. The zero-order chi connectivity index (χ0) is 16.1. The fourth-order valence-corrected chi connectivity index (χ4v) is 1.80. The highest BCUT2D eigenvalue weighted by Gasteiger charge is 2.11. The van der Waals surface area contributed by atoms with E-state index >= 15 is 0 Å². The first-order chi connectivity index (χ1) is 10.5. The first-order valence-electron chi connectivity index (χ1n) is 6.03. The van der Waals surface area contributed by atoms with Crippen molar-refractivity contribution in [1.82, 2.24) is 5.43 Å². The molecular formula is C15H9ClFN3O2. The molecule has 22 heavy (non-hydrogen) atoms. The van der Waals surface area contributed by atoms with Gasteiger partial charge in [-0.15, -0.1) is 0 Å². The molecule has 0 spiro atoms. The van der Waals surface area contributed by atoms with Crippen LogP contribution < -0.4 is 5.43 Å². The first kappa shape index (κ1) is 15.5. The van der Waals surface area contributed by atoms with Crippen LogP contribution in [0.3, 0.4) is 0 Å². The van der Waals surface area contributed by atoms with Crippen molar-refractivity contribution in [2.45, 2.75) is 0 Å². The van der Waals surface area contributed by atoms with Gasteiger partial charge in [0.15, 0.2) is 0 Å². The molecule has 110 valence electrons. The monoisotopic (exact) mass is 317 g/mol. The van der Waals surface area contributed by atoms with Crippen LogP contribution in [0.25, 0.3) is 0 Å². The minimum atomic E-state index is -0.822. The summed E-state index contributed by atoms with van der Waals surface area (Å²) < 4.78 is 13.6. The molecule has 0 saturated heterocycles. The number of hydrogen-bond acceptors (Lipinski definition) is 4. The highest BCUT2D eigenvalue weighted by Crippen LogP contribution is 2.19. The third-order valence-electron chi connectivity index (χ3n) is 2.70. The molecule has 0 atom stereocenters. The second-order valence-corrected chi connectivity index (χ2v) is 4.65. The number of phenolic OH excluding ortho intramolecular Hbond substituents is 1. The summed E-state index contributed by atoms with van der Waals surface area (Å²) in [5.41, 5.74) is 2.29. The summed E-state index contributed by atoms with van der Waals surface area (Å²) in [6.07, 6.45) is 1.18. The Labute approximate surface area is 130 Å². The molecular weight excluding hydrogens is 309 g/mol. The topological polar surface area (TPSA) is 85.5 Å². The van der Waals surface area contributed by atoms with Crippen molar-refractivity contribution in [1.29, 1.82) is 5.26 Å². The number of aromatic hydroxyl groups is 1. The van der Waals surface area contributed by atoms with Crippen molar-refractivity contribution >= 4 is 23.7 Å². The van der Waals surface area contributed by atoms with Gasteiger partial charge >= 0.3 is 0 Å². The Balaban J connectivity index is 2.11. The summed E-state index contributed by atoms with van der Waals surface area (Å²) >= 11 is 5.77. The van der Waals surface area contributed by atoms with Gasteiger partial charge in [0.25, 0.3) is 5.91 Å². The summed E-state index contributed by atoms with van der Waals surface area (Å²) in [5.74, 6) is -1.66. The maximum atomic E-state index is 13.6. The fourth-order valence-electron chi connectivity index (χ4n) is 1.62. The van der Waals surface area contributed by atoms with Crippen molar-refractivity contribution in [3.05, 3.63) is 63.9 Å². The number of nitriles is 1. The molecule has 5 nitrogen and oxygen atoms in total. The summed E-state index contributed by atoms with van der Waals surface area (Å²) in [5, 5.41) is 22.2. The first-order valence-corrected chi connectivity index (χ1v) is 6.40. The van der Waals surface area contributed by atoms with Crippen molar-refractivity contribution in [2.75, 3.05) is 0 Å². The van der Waals surface area contributed by atoms with E-state index in [1.807, 2.05) is 0 Å². The lowest BCUT2D eigenvalue weighted by atomic mass is 10.1. The van der Waals surface area contributed by atoms with Crippen LogP contribution in [0.5, 0.6) is 5.75 Å². The molecule has 2 aromatic carbocycles. The molecule has 0 bridgehead atoms. The predicted molar refractivity (Wildman–Crippen MR) is 79.3 cm³/mol. The molecule has 0 aliphatic carbocycles. The minimum absolute atomic E-state index is 0.0630. The van der Waals surface area contributed by atoms with E-state index in [2.05, 4.69) is 10.5 Å². The van der Waals surface area contributed by atoms with Crippen molar-refractivity contribution in [2.24, 2.45) is 5.10 Å². The molecule has 7 heteroatoms. The van der Waals surface area contributed by atoms with Crippen molar-refractivity contribution in [3.8, 4) is 11.8 Å². The van der Waals surface area contributed by atoms with Gasteiger partial charge in [0.05, 0.1) is 23.4 Å². The number of halogens is 2. The Morgan fingerprint density at radius 2 is 2.14 bits per heavy atom. The molecule has 1 amide bonds. The van der Waals surface area contributed by atoms with E-state index in [1.54, 1.807) is 6.07 Å². The van der Waals surface area contributed by atoms with Crippen LogP contribution in [0.15, 0.2) is 41.5 Å². The molecule has 0 aliphatic rings. The van der Waals surface area contributed by atoms with Gasteiger partial charge in [0.2, 0.25) is 0 Å². The number of benzene rings is 2. The van der Waals surface area contributed by atoms with E-state index in [4.69, 9.17) is 16.9 Å². The van der Waals surface area contributed by atoms with E-state index < -0.39 is 11.7 Å². The zero-order valence-electron chi connectivity index (χ0n) is 11.0. The highest BCUT2D eigenvalue weighted by molar-refractivity contribution is 6.30. The second-order valence-electron chi connectivity index (χ2n) is 4.21. The van der Waals surface area contributed by atoms with Crippen molar-refractivity contribution in [3.63, 3.8) is 0 Å². The van der Waals surface area contributed by atoms with E-state index in [9.17, 15) is 14.3 Å². The van der Waals surface area contributed by atoms with Gasteiger partial charge in [0, 0.05) is 10.6 Å². The largest absolute Gasteiger partial charge is 0.507 e. The predicted octanol–water partition coefficient (Wildman–Crippen LogP) is 2.82. The van der Waals surface area contributed by atoms with Crippen LogP contribution in [0.1, 0.15) is 21.5 Å². The fraction of sp³-hybridized carbons (Fsp3) is 0. The second kappa shape index (κ2) is 6.70. The lowest BCUT2D eigenvalue weighted by molar-refractivity contribution is 0.0951. The van der Waals surface area contributed by atoms with Crippen LogP contribution in [-0.4, -0.2) is 17.2 Å². The van der Waals surface area contributed by atoms with Crippen LogP contribution in [0, 0.1) is 17.1 Å². The molecule has 2 N–H and O–H groups in total. The average Bonchev–Trinajstić information content (AvgIpc) is 2.50. The van der Waals surface area contributed by atoms with Crippen LogP contribution in [0.2, 0.25) is 5.02 Å². The number of nitrogens with zero attached hydrogens (tertiary/aromatic N) is 2. The Morgan fingerprint density at radius 3 is 2.82 bits per heavy atom. The van der Waals surface area contributed by atoms with Crippen molar-refractivity contribution < 1.29 is 14.3 Å². The highest BCUT2D eigenvalue weighted by atomic mass is 35.5.